The molecule has 1 N–H and O–H groups in total. The van der Waals surface area contributed by atoms with Crippen molar-refractivity contribution in [1.29, 1.82) is 0 Å². The van der Waals surface area contributed by atoms with Gasteiger partial charge >= 0.3 is 0 Å². The fourth-order valence-corrected chi connectivity index (χ4v) is 4.74. The number of carbonyl (C=O) groups excluding carboxylic acids is 2. The zero-order chi connectivity index (χ0) is 30.6. The summed E-state index contributed by atoms with van der Waals surface area (Å²) < 4.78 is 0. The van der Waals surface area contributed by atoms with Gasteiger partial charge in [0, 0.05) is 63.7 Å². The smallest absolute Gasteiger partial charge is 0.237 e. The van der Waals surface area contributed by atoms with Crippen LogP contribution in [0.4, 0.5) is 11.4 Å². The van der Waals surface area contributed by atoms with Gasteiger partial charge in [0.05, 0.1) is 5.88 Å². The Morgan fingerprint density at radius 1 is 0.659 bits per heavy atom. The molecule has 0 unspecified atom stereocenters. The molecule has 0 bridgehead atoms. The molecular formula is C32H47Cl3N4O2. The molecular weight excluding hydrogens is 579 g/mol. The molecule has 2 saturated heterocycles. The molecule has 2 aliphatic rings. The second kappa shape index (κ2) is 16.6. The molecule has 0 spiro atoms. The second-order valence-corrected chi connectivity index (χ2v) is 13.3. The number of rotatable bonds is 4. The van der Waals surface area contributed by atoms with Gasteiger partial charge in [-0.3, -0.25) is 9.59 Å². The lowest BCUT2D eigenvalue weighted by atomic mass is 9.87. The molecule has 9 heteroatoms. The first-order valence-corrected chi connectivity index (χ1v) is 15.7. The maximum Gasteiger partial charge on any atom is 0.237 e. The van der Waals surface area contributed by atoms with E-state index in [0.717, 1.165) is 52.4 Å². The van der Waals surface area contributed by atoms with E-state index in [9.17, 15) is 9.59 Å². The minimum absolute atomic E-state index is 0.0365. The van der Waals surface area contributed by atoms with Crippen molar-refractivity contribution in [1.82, 2.24) is 10.2 Å². The Bertz CT molecular complexity index is 1070. The average molecular weight is 626 g/mol. The Morgan fingerprint density at radius 3 is 1.34 bits per heavy atom. The van der Waals surface area contributed by atoms with Gasteiger partial charge in [0.15, 0.2) is 0 Å². The van der Waals surface area contributed by atoms with Crippen molar-refractivity contribution >= 4 is 57.3 Å². The number of halogens is 3. The number of hydrogen-bond donors (Lipinski definition) is 1. The van der Waals surface area contributed by atoms with Crippen LogP contribution in [-0.2, 0) is 20.4 Å². The molecule has 0 aliphatic carbocycles. The Morgan fingerprint density at radius 2 is 1.02 bits per heavy atom. The molecule has 228 valence electrons. The number of amides is 1. The van der Waals surface area contributed by atoms with Gasteiger partial charge in [-0.15, -0.1) is 23.2 Å². The SMILES string of the molecule is CC(C)(C)c1ccc(N2CCN(C(=O)CCl)CC2)cc1.CC(C)(C)c1ccc(N2CCNCC2)cc1.O=C(Cl)CCl. The van der Waals surface area contributed by atoms with E-state index in [4.69, 9.17) is 34.8 Å². The van der Waals surface area contributed by atoms with Gasteiger partial charge in [0.25, 0.3) is 0 Å². The van der Waals surface area contributed by atoms with Gasteiger partial charge in [-0.2, -0.15) is 0 Å². The van der Waals surface area contributed by atoms with Crippen LogP contribution in [-0.4, -0.2) is 80.2 Å². The summed E-state index contributed by atoms with van der Waals surface area (Å²) in [6.45, 7) is 21.1. The van der Waals surface area contributed by atoms with Crippen LogP contribution < -0.4 is 15.1 Å². The monoisotopic (exact) mass is 624 g/mol. The van der Waals surface area contributed by atoms with Crippen LogP contribution in [0.1, 0.15) is 52.7 Å². The number of benzene rings is 2. The highest BCUT2D eigenvalue weighted by molar-refractivity contribution is 6.67. The summed E-state index contributed by atoms with van der Waals surface area (Å²) in [4.78, 5) is 27.6. The van der Waals surface area contributed by atoms with Crippen LogP contribution in [0.15, 0.2) is 48.5 Å². The highest BCUT2D eigenvalue weighted by atomic mass is 35.5. The van der Waals surface area contributed by atoms with E-state index in [-0.39, 0.29) is 28.5 Å². The topological polar surface area (TPSA) is 55.9 Å². The second-order valence-electron chi connectivity index (χ2n) is 12.3. The zero-order valence-corrected chi connectivity index (χ0v) is 27.7. The largest absolute Gasteiger partial charge is 0.369 e. The third kappa shape index (κ3) is 12.0. The predicted molar refractivity (Wildman–Crippen MR) is 176 cm³/mol. The van der Waals surface area contributed by atoms with Crippen LogP contribution in [0, 0.1) is 0 Å². The molecule has 2 aromatic rings. The first-order chi connectivity index (χ1) is 19.3. The van der Waals surface area contributed by atoms with Crippen molar-refractivity contribution in [2.75, 3.05) is 73.9 Å². The molecule has 0 atom stereocenters. The Hall–Kier alpha value is -1.99. The lowest BCUT2D eigenvalue weighted by Gasteiger charge is -2.36. The summed E-state index contributed by atoms with van der Waals surface area (Å²) in [5, 5.41) is 2.87. The van der Waals surface area contributed by atoms with Crippen LogP contribution >= 0.6 is 34.8 Å². The van der Waals surface area contributed by atoms with Gasteiger partial charge in [0.1, 0.15) is 5.88 Å². The number of anilines is 2. The van der Waals surface area contributed by atoms with Crippen LogP contribution in [0.25, 0.3) is 0 Å². The molecule has 4 rings (SSSR count). The lowest BCUT2D eigenvalue weighted by molar-refractivity contribution is -0.128. The van der Waals surface area contributed by atoms with E-state index in [1.807, 2.05) is 4.90 Å². The molecule has 0 aromatic heterocycles. The molecule has 1 amide bonds. The van der Waals surface area contributed by atoms with Gasteiger partial charge in [-0.25, -0.2) is 0 Å². The van der Waals surface area contributed by atoms with Gasteiger partial charge in [0.2, 0.25) is 11.1 Å². The number of carbonyl (C=O) groups is 2. The van der Waals surface area contributed by atoms with Gasteiger partial charge in [-0.1, -0.05) is 65.8 Å². The fraction of sp³-hybridized carbons (Fsp3) is 0.562. The summed E-state index contributed by atoms with van der Waals surface area (Å²) in [6, 6.07) is 17.8. The predicted octanol–water partition coefficient (Wildman–Crippen LogP) is 6.26. The summed E-state index contributed by atoms with van der Waals surface area (Å²) >= 11 is 15.1. The molecule has 2 aromatic carbocycles. The van der Waals surface area contributed by atoms with Crippen molar-refractivity contribution in [2.24, 2.45) is 0 Å². The number of nitrogens with one attached hydrogen (secondary N) is 1. The third-order valence-electron chi connectivity index (χ3n) is 7.17. The Kier molecular flexibility index (Phi) is 14.3. The first-order valence-electron chi connectivity index (χ1n) is 14.3. The number of hydrogen-bond acceptors (Lipinski definition) is 5. The average Bonchev–Trinajstić information content (AvgIpc) is 2.97. The summed E-state index contributed by atoms with van der Waals surface area (Å²) in [5.74, 6) is 0.0244. The first kappa shape index (κ1) is 35.2. The van der Waals surface area contributed by atoms with Crippen LogP contribution in [0.3, 0.4) is 0 Å². The number of piperazine rings is 2. The van der Waals surface area contributed by atoms with E-state index in [1.165, 1.54) is 22.5 Å². The highest BCUT2D eigenvalue weighted by Gasteiger charge is 2.21. The minimum atomic E-state index is -0.508. The maximum absolute atomic E-state index is 11.5. The van der Waals surface area contributed by atoms with Crippen molar-refractivity contribution in [3.8, 4) is 0 Å². The minimum Gasteiger partial charge on any atom is -0.369 e. The normalized spacial score (nSPS) is 15.8. The van der Waals surface area contributed by atoms with Gasteiger partial charge < -0.3 is 20.0 Å². The number of nitrogens with zero attached hydrogens (tertiary/aromatic N) is 3. The third-order valence-corrected chi connectivity index (χ3v) is 7.91. The molecule has 2 aliphatic heterocycles. The molecule has 0 radical (unpaired) electrons. The van der Waals surface area contributed by atoms with E-state index in [0.29, 0.717) is 0 Å². The quantitative estimate of drug-likeness (QED) is 0.321. The summed E-state index contributed by atoms with van der Waals surface area (Å²) in [6.07, 6.45) is 0. The summed E-state index contributed by atoms with van der Waals surface area (Å²) in [7, 11) is 0. The van der Waals surface area contributed by atoms with Crippen molar-refractivity contribution in [3.05, 3.63) is 59.7 Å². The maximum atomic E-state index is 11.5. The molecule has 2 fully saturated rings. The van der Waals surface area contributed by atoms with E-state index < -0.39 is 5.24 Å². The van der Waals surface area contributed by atoms with Crippen LogP contribution in [0.5, 0.6) is 0 Å². The van der Waals surface area contributed by atoms with E-state index >= 15 is 0 Å². The molecule has 6 nitrogen and oxygen atoms in total. The van der Waals surface area contributed by atoms with Crippen molar-refractivity contribution in [2.45, 2.75) is 52.4 Å². The number of alkyl halides is 2. The Balaban J connectivity index is 0.000000251. The summed E-state index contributed by atoms with van der Waals surface area (Å²) in [5.41, 5.74) is 5.78. The molecule has 2 heterocycles. The van der Waals surface area contributed by atoms with Gasteiger partial charge in [-0.05, 0) is 57.8 Å². The zero-order valence-electron chi connectivity index (χ0n) is 25.5. The molecule has 41 heavy (non-hydrogen) atoms. The standard InChI is InChI=1S/C16H23ClN2O.C14H22N2.C2H2Cl2O/c1-16(2,3)13-4-6-14(7-5-13)18-8-10-19(11-9-18)15(20)12-17;1-14(2,3)12-4-6-13(7-5-12)16-10-8-15-9-11-16;3-1-2(4)5/h4-7H,8-12H2,1-3H3;4-7,15H,8-11H2,1-3H3;1H2. The van der Waals surface area contributed by atoms with E-state index in [1.54, 1.807) is 0 Å². The molecule has 0 saturated carbocycles. The van der Waals surface area contributed by atoms with E-state index in [2.05, 4.69) is 105 Å². The lowest BCUT2D eigenvalue weighted by Crippen LogP contribution is -2.49. The van der Waals surface area contributed by atoms with Crippen molar-refractivity contribution in [3.63, 3.8) is 0 Å². The Labute approximate surface area is 262 Å². The van der Waals surface area contributed by atoms with Crippen molar-refractivity contribution < 1.29 is 9.59 Å². The van der Waals surface area contributed by atoms with Crippen LogP contribution in [0.2, 0.25) is 0 Å². The highest BCUT2D eigenvalue weighted by Crippen LogP contribution is 2.26. The fourth-order valence-electron chi connectivity index (χ4n) is 4.57.